The molecule has 0 N–H and O–H groups in total. The van der Waals surface area contributed by atoms with Gasteiger partial charge in [-0.05, 0) is 61.4 Å². The fraction of sp³-hybridized carbons (Fsp3) is 0.235. The maximum Gasteiger partial charge on any atom is 0.573 e. The Kier molecular flexibility index (Phi) is 3.55. The fourth-order valence-corrected chi connectivity index (χ4v) is 2.51. The summed E-state index contributed by atoms with van der Waals surface area (Å²) in [6, 6.07) is 7.68. The van der Waals surface area contributed by atoms with Crippen molar-refractivity contribution in [3.05, 3.63) is 59.9 Å². The molecule has 2 heterocycles. The summed E-state index contributed by atoms with van der Waals surface area (Å²) in [6.45, 7) is 3.77. The van der Waals surface area contributed by atoms with Gasteiger partial charge < -0.3 is 9.47 Å². The summed E-state index contributed by atoms with van der Waals surface area (Å²) in [4.78, 5) is 3.97. The van der Waals surface area contributed by atoms with E-state index in [1.807, 2.05) is 19.9 Å². The van der Waals surface area contributed by atoms with Crippen LogP contribution in [-0.2, 0) is 0 Å². The predicted octanol–water partition coefficient (Wildman–Crippen LogP) is 4.58. The number of ether oxygens (including phenoxy) is 2. The largest absolute Gasteiger partial charge is 0.573 e. The van der Waals surface area contributed by atoms with Gasteiger partial charge >= 0.3 is 6.36 Å². The molecule has 0 amide bonds. The van der Waals surface area contributed by atoms with E-state index in [0.29, 0.717) is 11.3 Å². The molecule has 1 aliphatic rings. The Morgan fingerprint density at radius 2 is 1.78 bits per heavy atom. The zero-order valence-electron chi connectivity index (χ0n) is 12.5. The Labute approximate surface area is 131 Å². The van der Waals surface area contributed by atoms with E-state index in [9.17, 15) is 13.2 Å². The molecule has 2 aromatic rings. The quantitative estimate of drug-likeness (QED) is 0.811. The minimum atomic E-state index is -4.73. The fourth-order valence-electron chi connectivity index (χ4n) is 2.51. The number of alkyl halides is 3. The number of halogens is 3. The van der Waals surface area contributed by atoms with E-state index in [1.54, 1.807) is 24.5 Å². The molecule has 1 aromatic carbocycles. The van der Waals surface area contributed by atoms with E-state index in [-0.39, 0.29) is 5.75 Å². The van der Waals surface area contributed by atoms with Crippen molar-refractivity contribution in [2.45, 2.75) is 25.8 Å². The van der Waals surface area contributed by atoms with Crippen molar-refractivity contribution in [3.63, 3.8) is 0 Å². The Morgan fingerprint density at radius 1 is 1.09 bits per heavy atom. The molecular weight excluding hydrogens is 307 g/mol. The summed E-state index contributed by atoms with van der Waals surface area (Å²) in [5, 5.41) is 0. The van der Waals surface area contributed by atoms with Crippen LogP contribution in [-0.4, -0.2) is 16.9 Å². The minimum absolute atomic E-state index is 0.278. The summed E-state index contributed by atoms with van der Waals surface area (Å²) in [5.41, 5.74) is 1.61. The van der Waals surface area contributed by atoms with E-state index in [0.717, 1.165) is 11.1 Å². The standard InChI is InChI=1S/C17H14F3NO2/c1-16(2)10-14(11-5-7-21-8-6-11)13-9-12(22-17(18,19)20)3-4-15(13)23-16/h3-10H,1-2H3. The van der Waals surface area contributed by atoms with Crippen LogP contribution in [0.2, 0.25) is 0 Å². The molecular formula is C17H14F3NO2. The topological polar surface area (TPSA) is 31.4 Å². The normalized spacial score (nSPS) is 16.1. The molecule has 6 heteroatoms. The van der Waals surface area contributed by atoms with Gasteiger partial charge in [0.25, 0.3) is 0 Å². The van der Waals surface area contributed by atoms with Crippen LogP contribution in [0.3, 0.4) is 0 Å². The van der Waals surface area contributed by atoms with Crippen LogP contribution < -0.4 is 9.47 Å². The molecule has 1 aliphatic heterocycles. The average Bonchev–Trinajstić information content (AvgIpc) is 2.45. The third-order valence-corrected chi connectivity index (χ3v) is 3.33. The molecule has 0 bridgehead atoms. The van der Waals surface area contributed by atoms with Gasteiger partial charge in [-0.1, -0.05) is 0 Å². The van der Waals surface area contributed by atoms with Gasteiger partial charge in [0, 0.05) is 18.0 Å². The van der Waals surface area contributed by atoms with E-state index in [1.165, 1.54) is 18.2 Å². The van der Waals surface area contributed by atoms with E-state index in [4.69, 9.17) is 4.74 Å². The van der Waals surface area contributed by atoms with E-state index in [2.05, 4.69) is 9.72 Å². The summed E-state index contributed by atoms with van der Waals surface area (Å²) in [7, 11) is 0. The monoisotopic (exact) mass is 321 g/mol. The molecule has 0 radical (unpaired) electrons. The number of benzene rings is 1. The number of fused-ring (bicyclic) bond motifs is 1. The Hall–Kier alpha value is -2.50. The van der Waals surface area contributed by atoms with Crippen LogP contribution >= 0.6 is 0 Å². The number of pyridine rings is 1. The molecule has 0 aliphatic carbocycles. The predicted molar refractivity (Wildman–Crippen MR) is 79.1 cm³/mol. The van der Waals surface area contributed by atoms with Crippen molar-refractivity contribution < 1.29 is 22.6 Å². The molecule has 0 unspecified atom stereocenters. The number of hydrogen-bond acceptors (Lipinski definition) is 3. The molecule has 0 atom stereocenters. The molecule has 0 spiro atoms. The van der Waals surface area contributed by atoms with Gasteiger partial charge in [0.2, 0.25) is 0 Å². The van der Waals surface area contributed by atoms with Gasteiger partial charge in [0.05, 0.1) is 0 Å². The zero-order valence-corrected chi connectivity index (χ0v) is 12.5. The third-order valence-electron chi connectivity index (χ3n) is 3.33. The Bertz CT molecular complexity index is 752. The molecule has 0 saturated heterocycles. The third kappa shape index (κ3) is 3.47. The van der Waals surface area contributed by atoms with E-state index < -0.39 is 12.0 Å². The second kappa shape index (κ2) is 5.30. The Balaban J connectivity index is 2.10. The maximum atomic E-state index is 12.4. The summed E-state index contributed by atoms with van der Waals surface area (Å²) in [6.07, 6.45) is 0.411. The first kappa shape index (κ1) is 15.4. The average molecular weight is 321 g/mol. The molecule has 3 nitrogen and oxygen atoms in total. The van der Waals surface area contributed by atoms with Gasteiger partial charge in [0.15, 0.2) is 0 Å². The van der Waals surface area contributed by atoms with Gasteiger partial charge in [0.1, 0.15) is 17.1 Å². The Morgan fingerprint density at radius 3 is 2.43 bits per heavy atom. The highest BCUT2D eigenvalue weighted by Crippen LogP contribution is 2.41. The lowest BCUT2D eigenvalue weighted by molar-refractivity contribution is -0.274. The van der Waals surface area contributed by atoms with Gasteiger partial charge in [-0.2, -0.15) is 0 Å². The first-order chi connectivity index (χ1) is 10.7. The van der Waals surface area contributed by atoms with Crippen LogP contribution in [0.4, 0.5) is 13.2 Å². The highest BCUT2D eigenvalue weighted by Gasteiger charge is 2.33. The highest BCUT2D eigenvalue weighted by atomic mass is 19.4. The zero-order chi connectivity index (χ0) is 16.7. The first-order valence-corrected chi connectivity index (χ1v) is 6.96. The van der Waals surface area contributed by atoms with Crippen molar-refractivity contribution in [1.29, 1.82) is 0 Å². The second-order valence-corrected chi connectivity index (χ2v) is 5.71. The van der Waals surface area contributed by atoms with E-state index >= 15 is 0 Å². The summed E-state index contributed by atoms with van der Waals surface area (Å²) < 4.78 is 47.2. The molecule has 0 saturated carbocycles. The van der Waals surface area contributed by atoms with Gasteiger partial charge in [-0.25, -0.2) is 0 Å². The molecule has 120 valence electrons. The molecule has 23 heavy (non-hydrogen) atoms. The lowest BCUT2D eigenvalue weighted by Crippen LogP contribution is -2.29. The SMILES string of the molecule is CC1(C)C=C(c2ccncc2)c2cc(OC(F)(F)F)ccc2O1. The first-order valence-electron chi connectivity index (χ1n) is 6.96. The lowest BCUT2D eigenvalue weighted by atomic mass is 9.90. The van der Waals surface area contributed by atoms with Crippen LogP contribution in [0.1, 0.15) is 25.0 Å². The second-order valence-electron chi connectivity index (χ2n) is 5.71. The van der Waals surface area contributed by atoms with Gasteiger partial charge in [-0.3, -0.25) is 4.98 Å². The summed E-state index contributed by atoms with van der Waals surface area (Å²) in [5.74, 6) is 0.235. The number of aromatic nitrogens is 1. The molecule has 0 fully saturated rings. The number of rotatable bonds is 2. The number of hydrogen-bond donors (Lipinski definition) is 0. The van der Waals surface area contributed by atoms with Gasteiger partial charge in [-0.15, -0.1) is 13.2 Å². The van der Waals surface area contributed by atoms with Crippen molar-refractivity contribution in [2.75, 3.05) is 0 Å². The summed E-state index contributed by atoms with van der Waals surface area (Å²) >= 11 is 0. The smallest absolute Gasteiger partial charge is 0.483 e. The van der Waals surface area contributed by atoms with Crippen molar-refractivity contribution in [1.82, 2.24) is 4.98 Å². The minimum Gasteiger partial charge on any atom is -0.483 e. The number of nitrogens with zero attached hydrogens (tertiary/aromatic N) is 1. The van der Waals surface area contributed by atoms with Crippen LogP contribution in [0, 0.1) is 0 Å². The van der Waals surface area contributed by atoms with Crippen molar-refractivity contribution in [3.8, 4) is 11.5 Å². The van der Waals surface area contributed by atoms with Crippen LogP contribution in [0.5, 0.6) is 11.5 Å². The highest BCUT2D eigenvalue weighted by molar-refractivity contribution is 5.85. The molecule has 3 rings (SSSR count). The lowest BCUT2D eigenvalue weighted by Gasteiger charge is -2.31. The molecule has 1 aromatic heterocycles. The maximum absolute atomic E-state index is 12.4. The van der Waals surface area contributed by atoms with Crippen molar-refractivity contribution >= 4 is 5.57 Å². The van der Waals surface area contributed by atoms with Crippen LogP contribution in [0.25, 0.3) is 5.57 Å². The van der Waals surface area contributed by atoms with Crippen LogP contribution in [0.15, 0.2) is 48.8 Å². The van der Waals surface area contributed by atoms with Crippen molar-refractivity contribution in [2.24, 2.45) is 0 Å².